The number of nitriles is 1. The molecular formula is C9H8N6O2S. The minimum atomic E-state index is -0.665. The number of carbonyl (C=O) groups is 1. The van der Waals surface area contributed by atoms with E-state index in [0.717, 1.165) is 11.3 Å². The molecule has 2 aromatic heterocycles. The van der Waals surface area contributed by atoms with E-state index >= 15 is 0 Å². The topological polar surface area (TPSA) is 144 Å². The number of nitrogens with zero attached hydrogens (tertiary/aromatic N) is 3. The van der Waals surface area contributed by atoms with Gasteiger partial charge in [0, 0.05) is 0 Å². The Kier molecular flexibility index (Phi) is 3.11. The average Bonchev–Trinajstić information content (AvgIpc) is 2.93. The van der Waals surface area contributed by atoms with Crippen LogP contribution < -0.4 is 16.8 Å². The zero-order valence-corrected chi connectivity index (χ0v) is 9.82. The van der Waals surface area contributed by atoms with Crippen molar-refractivity contribution in [3.63, 3.8) is 0 Å². The summed E-state index contributed by atoms with van der Waals surface area (Å²) >= 11 is 1.02. The molecule has 0 aliphatic heterocycles. The fourth-order valence-corrected chi connectivity index (χ4v) is 2.21. The van der Waals surface area contributed by atoms with Gasteiger partial charge in [-0.1, -0.05) is 5.16 Å². The number of nitrogens with two attached hydrogens (primary N) is 2. The van der Waals surface area contributed by atoms with E-state index in [4.69, 9.17) is 16.7 Å². The first-order chi connectivity index (χ1) is 8.63. The van der Waals surface area contributed by atoms with Crippen molar-refractivity contribution in [1.29, 1.82) is 5.26 Å². The van der Waals surface area contributed by atoms with Crippen LogP contribution in [0.2, 0.25) is 0 Å². The molecule has 9 heteroatoms. The molecule has 2 heterocycles. The van der Waals surface area contributed by atoms with Gasteiger partial charge in [0.1, 0.15) is 21.5 Å². The molecule has 0 bridgehead atoms. The molecule has 0 spiro atoms. The molecule has 2 rings (SSSR count). The van der Waals surface area contributed by atoms with Crippen molar-refractivity contribution in [3.8, 4) is 6.07 Å². The molecule has 5 N–H and O–H groups in total. The number of anilines is 2. The minimum Gasteiger partial charge on any atom is -0.396 e. The number of carbonyl (C=O) groups excluding carboxylic acids is 1. The zero-order chi connectivity index (χ0) is 13.1. The summed E-state index contributed by atoms with van der Waals surface area (Å²) in [5, 5.41) is 15.9. The Morgan fingerprint density at radius 2 is 2.44 bits per heavy atom. The summed E-state index contributed by atoms with van der Waals surface area (Å²) in [4.78, 5) is 15.1. The van der Waals surface area contributed by atoms with Gasteiger partial charge in [0.25, 0.3) is 5.91 Å². The van der Waals surface area contributed by atoms with Crippen LogP contribution in [0.5, 0.6) is 0 Å². The van der Waals surface area contributed by atoms with Crippen molar-refractivity contribution < 1.29 is 9.32 Å². The van der Waals surface area contributed by atoms with E-state index < -0.39 is 5.91 Å². The van der Waals surface area contributed by atoms with Crippen molar-refractivity contribution in [2.24, 2.45) is 5.73 Å². The lowest BCUT2D eigenvalue weighted by Gasteiger charge is -1.99. The number of amides is 1. The third-order valence-corrected chi connectivity index (χ3v) is 3.27. The normalized spacial score (nSPS) is 9.94. The molecule has 0 aliphatic rings. The lowest BCUT2D eigenvalue weighted by Crippen LogP contribution is -2.10. The maximum absolute atomic E-state index is 11.1. The van der Waals surface area contributed by atoms with Gasteiger partial charge in [-0.05, 0) is 0 Å². The quantitative estimate of drug-likeness (QED) is 0.719. The molecule has 0 fully saturated rings. The fourth-order valence-electron chi connectivity index (χ4n) is 1.29. The minimum absolute atomic E-state index is 0.0885. The Labute approximate surface area is 105 Å². The predicted molar refractivity (Wildman–Crippen MR) is 63.6 cm³/mol. The van der Waals surface area contributed by atoms with E-state index in [9.17, 15) is 4.79 Å². The smallest absolute Gasteiger partial charge is 0.261 e. The number of rotatable bonds is 4. The summed E-state index contributed by atoms with van der Waals surface area (Å²) in [6.07, 6.45) is 1.19. The van der Waals surface area contributed by atoms with Crippen LogP contribution in [0.15, 0.2) is 10.9 Å². The highest BCUT2D eigenvalue weighted by atomic mass is 32.1. The van der Waals surface area contributed by atoms with Gasteiger partial charge in [-0.2, -0.15) is 10.2 Å². The Morgan fingerprint density at radius 1 is 1.67 bits per heavy atom. The Bertz CT molecular complexity index is 612. The largest absolute Gasteiger partial charge is 0.396 e. The van der Waals surface area contributed by atoms with Gasteiger partial charge in [0.2, 0.25) is 6.39 Å². The van der Waals surface area contributed by atoms with Crippen LogP contribution in [0.25, 0.3) is 0 Å². The van der Waals surface area contributed by atoms with E-state index in [-0.39, 0.29) is 22.7 Å². The molecule has 18 heavy (non-hydrogen) atoms. The molecule has 0 saturated heterocycles. The van der Waals surface area contributed by atoms with Crippen LogP contribution in [-0.2, 0) is 6.54 Å². The van der Waals surface area contributed by atoms with Crippen LogP contribution in [0, 0.1) is 11.3 Å². The number of nitrogens with one attached hydrogen (secondary N) is 1. The van der Waals surface area contributed by atoms with Gasteiger partial charge in [-0.15, -0.1) is 11.3 Å². The fraction of sp³-hybridized carbons (Fsp3) is 0.111. The summed E-state index contributed by atoms with van der Waals surface area (Å²) in [5.74, 6) is -0.243. The van der Waals surface area contributed by atoms with E-state index in [1.165, 1.54) is 6.39 Å². The van der Waals surface area contributed by atoms with E-state index in [2.05, 4.69) is 20.0 Å². The first-order valence-electron chi connectivity index (χ1n) is 4.74. The lowest BCUT2D eigenvalue weighted by molar-refractivity contribution is 0.100. The summed E-state index contributed by atoms with van der Waals surface area (Å²) in [7, 11) is 0. The van der Waals surface area contributed by atoms with Crippen molar-refractivity contribution in [1.82, 2.24) is 10.1 Å². The third-order valence-electron chi connectivity index (χ3n) is 2.09. The summed E-state index contributed by atoms with van der Waals surface area (Å²) in [5.41, 5.74) is 11.1. The number of aromatic nitrogens is 2. The monoisotopic (exact) mass is 264 g/mol. The van der Waals surface area contributed by atoms with Crippen LogP contribution in [0.3, 0.4) is 0 Å². The van der Waals surface area contributed by atoms with Gasteiger partial charge in [-0.25, -0.2) is 0 Å². The number of thiophene rings is 1. The molecule has 8 nitrogen and oxygen atoms in total. The number of primary amides is 1. The zero-order valence-electron chi connectivity index (χ0n) is 9.01. The molecular weight excluding hydrogens is 256 g/mol. The molecule has 2 aromatic rings. The highest BCUT2D eigenvalue weighted by molar-refractivity contribution is 7.18. The third kappa shape index (κ3) is 2.09. The van der Waals surface area contributed by atoms with Crippen molar-refractivity contribution >= 4 is 27.9 Å². The summed E-state index contributed by atoms with van der Waals surface area (Å²) in [6.45, 7) is 0.253. The second-order valence-electron chi connectivity index (χ2n) is 3.23. The van der Waals surface area contributed by atoms with Crippen LogP contribution in [-0.4, -0.2) is 16.0 Å². The Hall–Kier alpha value is -2.60. The van der Waals surface area contributed by atoms with Crippen LogP contribution in [0.1, 0.15) is 21.1 Å². The van der Waals surface area contributed by atoms with Crippen molar-refractivity contribution in [2.75, 3.05) is 11.1 Å². The number of hydrogen-bond donors (Lipinski definition) is 3. The van der Waals surface area contributed by atoms with Crippen LogP contribution in [0.4, 0.5) is 10.7 Å². The molecule has 1 amide bonds. The maximum atomic E-state index is 11.1. The molecule has 0 aromatic carbocycles. The van der Waals surface area contributed by atoms with E-state index in [1.807, 2.05) is 6.07 Å². The molecule has 0 unspecified atom stereocenters. The Morgan fingerprint density at radius 3 is 3.00 bits per heavy atom. The first kappa shape index (κ1) is 11.9. The molecule has 0 atom stereocenters. The second kappa shape index (κ2) is 4.72. The van der Waals surface area contributed by atoms with E-state index in [1.54, 1.807) is 0 Å². The maximum Gasteiger partial charge on any atom is 0.261 e. The summed E-state index contributed by atoms with van der Waals surface area (Å²) in [6, 6.07) is 1.92. The van der Waals surface area contributed by atoms with E-state index in [0.29, 0.717) is 10.8 Å². The predicted octanol–water partition coefficient (Wildman–Crippen LogP) is 0.296. The highest BCUT2D eigenvalue weighted by Crippen LogP contribution is 2.34. The first-order valence-corrected chi connectivity index (χ1v) is 5.56. The van der Waals surface area contributed by atoms with Crippen LogP contribution >= 0.6 is 11.3 Å². The van der Waals surface area contributed by atoms with Gasteiger partial charge in [-0.3, -0.25) is 4.79 Å². The number of hydrogen-bond acceptors (Lipinski definition) is 8. The molecule has 0 aliphatic carbocycles. The molecule has 0 radical (unpaired) electrons. The van der Waals surface area contributed by atoms with Gasteiger partial charge in [0.05, 0.1) is 12.2 Å². The van der Waals surface area contributed by atoms with Gasteiger partial charge < -0.3 is 21.3 Å². The van der Waals surface area contributed by atoms with Crippen molar-refractivity contribution in [2.45, 2.75) is 6.54 Å². The van der Waals surface area contributed by atoms with Gasteiger partial charge in [0.15, 0.2) is 5.82 Å². The second-order valence-corrected chi connectivity index (χ2v) is 4.25. The molecule has 0 saturated carbocycles. The Balaban J connectivity index is 2.25. The van der Waals surface area contributed by atoms with Crippen molar-refractivity contribution in [3.05, 3.63) is 22.7 Å². The number of nitrogen functional groups attached to an aromatic ring is 1. The highest BCUT2D eigenvalue weighted by Gasteiger charge is 2.19. The lowest BCUT2D eigenvalue weighted by atomic mass is 10.2. The molecule has 92 valence electrons. The standard InChI is InChI=1S/C9H8N6O2S/c10-1-4-6(11)7(8(12)16)18-9(4)13-2-5-14-3-17-15-5/h3,13H,2,11H2,(H2,12,16). The average molecular weight is 264 g/mol. The SMILES string of the molecule is N#Cc1c(NCc2ncon2)sc(C(N)=O)c1N. The van der Waals surface area contributed by atoms with Gasteiger partial charge >= 0.3 is 0 Å². The summed E-state index contributed by atoms with van der Waals surface area (Å²) < 4.78 is 4.57.